The first-order valence-corrected chi connectivity index (χ1v) is 9.05. The van der Waals surface area contributed by atoms with Crippen LogP contribution in [0, 0.1) is 0 Å². The topological polar surface area (TPSA) is 76.1 Å². The van der Waals surface area contributed by atoms with Crippen LogP contribution in [0.15, 0.2) is 29.1 Å². The molecule has 1 aliphatic heterocycles. The summed E-state index contributed by atoms with van der Waals surface area (Å²) in [5.41, 5.74) is 1.31. The van der Waals surface area contributed by atoms with Crippen molar-refractivity contribution in [3.63, 3.8) is 0 Å². The standard InChI is InChI=1S/C17H21N3O3S/c1-4-23-12-8-6-5-7-11(12)15-14-16(18-13(21)9-24-15)20(10(2)3)19-17(14)22/h5-8,10,15H,4,9H2,1-3H3,(H,18,21)(H,19,22)/t15-/m1/s1. The molecule has 0 saturated carbocycles. The molecule has 0 saturated heterocycles. The van der Waals surface area contributed by atoms with E-state index in [9.17, 15) is 9.59 Å². The highest BCUT2D eigenvalue weighted by Gasteiger charge is 2.32. The predicted octanol–water partition coefficient (Wildman–Crippen LogP) is 2.93. The Balaban J connectivity index is 2.18. The van der Waals surface area contributed by atoms with Crippen LogP contribution in [0.4, 0.5) is 5.82 Å². The second-order valence-corrected chi connectivity index (χ2v) is 6.97. The van der Waals surface area contributed by atoms with Crippen LogP contribution in [0.1, 0.15) is 43.2 Å². The van der Waals surface area contributed by atoms with Crippen molar-refractivity contribution in [1.82, 2.24) is 9.78 Å². The average molecular weight is 347 g/mol. The Bertz CT molecular complexity index is 810. The molecule has 2 aromatic rings. The third-order valence-corrected chi connectivity index (χ3v) is 5.13. The van der Waals surface area contributed by atoms with Gasteiger partial charge in [0.1, 0.15) is 11.6 Å². The highest BCUT2D eigenvalue weighted by atomic mass is 32.2. The predicted molar refractivity (Wildman–Crippen MR) is 96.0 cm³/mol. The van der Waals surface area contributed by atoms with Crippen LogP contribution in [0.3, 0.4) is 0 Å². The van der Waals surface area contributed by atoms with Gasteiger partial charge in [-0.15, -0.1) is 11.8 Å². The summed E-state index contributed by atoms with van der Waals surface area (Å²) in [7, 11) is 0. The normalized spacial score (nSPS) is 17.3. The molecule has 1 amide bonds. The Labute approximate surface area is 144 Å². The second kappa shape index (κ2) is 6.76. The van der Waals surface area contributed by atoms with Crippen molar-refractivity contribution in [2.24, 2.45) is 0 Å². The highest BCUT2D eigenvalue weighted by molar-refractivity contribution is 8.00. The van der Waals surface area contributed by atoms with E-state index in [-0.39, 0.29) is 28.5 Å². The number of hydrogen-bond donors (Lipinski definition) is 2. The maximum Gasteiger partial charge on any atom is 0.270 e. The number of carbonyl (C=O) groups excluding carboxylic acids is 1. The molecular formula is C17H21N3O3S. The quantitative estimate of drug-likeness (QED) is 0.892. The van der Waals surface area contributed by atoms with E-state index in [0.29, 0.717) is 18.0 Å². The van der Waals surface area contributed by atoms with Crippen molar-refractivity contribution in [1.29, 1.82) is 0 Å². The summed E-state index contributed by atoms with van der Waals surface area (Å²) in [6, 6.07) is 7.71. The summed E-state index contributed by atoms with van der Waals surface area (Å²) in [5.74, 6) is 1.49. The monoisotopic (exact) mass is 347 g/mol. The Hall–Kier alpha value is -2.15. The minimum atomic E-state index is -0.259. The van der Waals surface area contributed by atoms with Crippen molar-refractivity contribution in [3.05, 3.63) is 45.7 Å². The van der Waals surface area contributed by atoms with Gasteiger partial charge >= 0.3 is 0 Å². The number of amides is 1. The molecule has 0 bridgehead atoms. The van der Waals surface area contributed by atoms with Crippen LogP contribution in [0.5, 0.6) is 5.75 Å². The highest BCUT2D eigenvalue weighted by Crippen LogP contribution is 2.43. The van der Waals surface area contributed by atoms with E-state index in [1.54, 1.807) is 4.68 Å². The van der Waals surface area contributed by atoms with Gasteiger partial charge in [0.25, 0.3) is 5.56 Å². The molecule has 2 heterocycles. The molecule has 1 aromatic carbocycles. The summed E-state index contributed by atoms with van der Waals surface area (Å²) in [4.78, 5) is 24.7. The number of benzene rings is 1. The van der Waals surface area contributed by atoms with E-state index in [0.717, 1.165) is 11.3 Å². The summed E-state index contributed by atoms with van der Waals surface area (Å²) >= 11 is 1.44. The lowest BCUT2D eigenvalue weighted by molar-refractivity contribution is -0.113. The Morgan fingerprint density at radius 3 is 2.79 bits per heavy atom. The maximum atomic E-state index is 12.6. The largest absolute Gasteiger partial charge is 0.494 e. The molecular weight excluding hydrogens is 326 g/mol. The number of thioether (sulfide) groups is 1. The molecule has 0 spiro atoms. The van der Waals surface area contributed by atoms with Gasteiger partial charge in [-0.25, -0.2) is 0 Å². The van der Waals surface area contributed by atoms with E-state index >= 15 is 0 Å². The van der Waals surface area contributed by atoms with Crippen LogP contribution in [0.25, 0.3) is 0 Å². The molecule has 24 heavy (non-hydrogen) atoms. The Kier molecular flexibility index (Phi) is 4.71. The molecule has 0 unspecified atom stereocenters. The SMILES string of the molecule is CCOc1ccccc1[C@H]1SCC(=O)Nc2c1c(=O)[nH]n2C(C)C. The first kappa shape index (κ1) is 16.7. The van der Waals surface area contributed by atoms with E-state index in [1.165, 1.54) is 11.8 Å². The zero-order valence-corrected chi connectivity index (χ0v) is 14.8. The van der Waals surface area contributed by atoms with Crippen LogP contribution in [-0.2, 0) is 4.79 Å². The smallest absolute Gasteiger partial charge is 0.270 e. The first-order chi connectivity index (χ1) is 11.5. The Morgan fingerprint density at radius 2 is 2.08 bits per heavy atom. The van der Waals surface area contributed by atoms with E-state index in [4.69, 9.17) is 4.74 Å². The number of aromatic nitrogens is 2. The Morgan fingerprint density at radius 1 is 1.33 bits per heavy atom. The third kappa shape index (κ3) is 2.96. The fraction of sp³-hybridized carbons (Fsp3) is 0.412. The van der Waals surface area contributed by atoms with Gasteiger partial charge in [0.2, 0.25) is 5.91 Å². The summed E-state index contributed by atoms with van der Waals surface area (Å²) in [5, 5.41) is 5.46. The minimum absolute atomic E-state index is 0.0348. The molecule has 6 nitrogen and oxygen atoms in total. The lowest BCUT2D eigenvalue weighted by Gasteiger charge is -2.18. The number of anilines is 1. The summed E-state index contributed by atoms with van der Waals surface area (Å²) < 4.78 is 7.45. The molecule has 1 aliphatic rings. The average Bonchev–Trinajstić information content (AvgIpc) is 2.76. The van der Waals surface area contributed by atoms with Gasteiger partial charge in [-0.1, -0.05) is 18.2 Å². The fourth-order valence-electron chi connectivity index (χ4n) is 2.86. The molecule has 0 radical (unpaired) electrons. The number of hydrogen-bond acceptors (Lipinski definition) is 4. The number of ether oxygens (including phenoxy) is 1. The maximum absolute atomic E-state index is 12.6. The van der Waals surface area contributed by atoms with Gasteiger partial charge in [-0.2, -0.15) is 0 Å². The molecule has 0 aliphatic carbocycles. The van der Waals surface area contributed by atoms with Crippen LogP contribution in [0.2, 0.25) is 0 Å². The number of fused-ring (bicyclic) bond motifs is 1. The molecule has 0 fully saturated rings. The first-order valence-electron chi connectivity index (χ1n) is 8.00. The molecule has 3 rings (SSSR count). The van der Waals surface area contributed by atoms with Crippen molar-refractivity contribution in [2.45, 2.75) is 32.1 Å². The van der Waals surface area contributed by atoms with E-state index in [1.807, 2.05) is 45.0 Å². The van der Waals surface area contributed by atoms with Gasteiger partial charge in [-0.3, -0.25) is 19.4 Å². The van der Waals surface area contributed by atoms with Crippen molar-refractivity contribution in [3.8, 4) is 5.75 Å². The molecule has 2 N–H and O–H groups in total. The third-order valence-electron chi connectivity index (χ3n) is 3.88. The van der Waals surface area contributed by atoms with E-state index < -0.39 is 0 Å². The lowest BCUT2D eigenvalue weighted by atomic mass is 10.0. The lowest BCUT2D eigenvalue weighted by Crippen LogP contribution is -2.17. The van der Waals surface area contributed by atoms with E-state index in [2.05, 4.69) is 10.4 Å². The number of carbonyl (C=O) groups is 1. The zero-order valence-electron chi connectivity index (χ0n) is 14.0. The van der Waals surface area contributed by atoms with Crippen molar-refractivity contribution < 1.29 is 9.53 Å². The fourth-order valence-corrected chi connectivity index (χ4v) is 4.01. The summed E-state index contributed by atoms with van der Waals surface area (Å²) in [6.07, 6.45) is 0. The molecule has 7 heteroatoms. The second-order valence-electron chi connectivity index (χ2n) is 5.88. The van der Waals surface area contributed by atoms with Gasteiger partial charge in [0.05, 0.1) is 23.2 Å². The number of nitrogens with one attached hydrogen (secondary N) is 2. The van der Waals surface area contributed by atoms with Crippen LogP contribution in [-0.4, -0.2) is 28.0 Å². The molecule has 128 valence electrons. The number of H-pyrrole nitrogens is 1. The van der Waals surface area contributed by atoms with Crippen LogP contribution >= 0.6 is 11.8 Å². The van der Waals surface area contributed by atoms with Crippen molar-refractivity contribution >= 4 is 23.5 Å². The number of nitrogens with zero attached hydrogens (tertiary/aromatic N) is 1. The number of rotatable bonds is 4. The molecule has 1 aromatic heterocycles. The van der Waals surface area contributed by atoms with Crippen LogP contribution < -0.4 is 15.6 Å². The summed E-state index contributed by atoms with van der Waals surface area (Å²) in [6.45, 7) is 6.39. The molecule has 1 atom stereocenters. The van der Waals surface area contributed by atoms with Crippen molar-refractivity contribution in [2.75, 3.05) is 17.7 Å². The van der Waals surface area contributed by atoms with Gasteiger partial charge in [-0.05, 0) is 26.8 Å². The number of para-hydroxylation sites is 1. The van der Waals surface area contributed by atoms with Gasteiger partial charge in [0.15, 0.2) is 0 Å². The van der Waals surface area contributed by atoms with Gasteiger partial charge < -0.3 is 10.1 Å². The minimum Gasteiger partial charge on any atom is -0.494 e. The number of aromatic amines is 1. The zero-order chi connectivity index (χ0) is 17.3. The van der Waals surface area contributed by atoms with Gasteiger partial charge in [0, 0.05) is 11.6 Å².